The number of ketones is 4. The monoisotopic (exact) mass is 811 g/mol. The molecule has 11 heteroatoms. The van der Waals surface area contributed by atoms with Crippen LogP contribution in [0.5, 0.6) is 0 Å². The Morgan fingerprint density at radius 1 is 0.558 bits per heavy atom. The Morgan fingerprint density at radius 3 is 1.00 bits per heavy atom. The number of benzene rings is 2. The predicted octanol–water partition coefficient (Wildman–Crippen LogP) is 6.44. The molecule has 0 fully saturated rings. The van der Waals surface area contributed by atoms with E-state index in [1.165, 1.54) is 28.4 Å². The summed E-state index contributed by atoms with van der Waals surface area (Å²) in [5.41, 5.74) is -0.619. The summed E-state index contributed by atoms with van der Waals surface area (Å²) in [5, 5.41) is 0. The molecule has 0 aliphatic rings. The van der Waals surface area contributed by atoms with E-state index in [1.807, 2.05) is 26.0 Å². The van der Waals surface area contributed by atoms with Crippen LogP contribution in [0.4, 0.5) is 0 Å². The second kappa shape index (κ2) is 19.5. The third-order valence-corrected chi connectivity index (χ3v) is 15.2. The maximum Gasteiger partial charge on any atom is 2.00 e. The normalized spacial score (nSPS) is 12.9. The van der Waals surface area contributed by atoms with Crippen molar-refractivity contribution >= 4 is 40.3 Å². The number of carbonyl (C=O) groups is 4. The standard InChI is InChI=1S/2C16H24O4Si.Pt/c2*1-6-21(19-4,20-5)16(14(17)12(2)3)15(18)13-10-8-7-9-11-13;/h2*7-12,16H,6H2,1-5H3;/q;;+2. The van der Waals surface area contributed by atoms with Crippen molar-refractivity contribution in [3.8, 4) is 0 Å². The summed E-state index contributed by atoms with van der Waals surface area (Å²) in [4.78, 5) is 51.0. The van der Waals surface area contributed by atoms with E-state index in [1.54, 1.807) is 76.2 Å². The fraction of sp³-hybridized carbons (Fsp3) is 0.500. The van der Waals surface area contributed by atoms with Crippen LogP contribution in [0.25, 0.3) is 0 Å². The van der Waals surface area contributed by atoms with Crippen LogP contribution < -0.4 is 0 Å². The third kappa shape index (κ3) is 10.0. The van der Waals surface area contributed by atoms with Crippen molar-refractivity contribution in [1.29, 1.82) is 0 Å². The number of rotatable bonds is 16. The summed E-state index contributed by atoms with van der Waals surface area (Å²) in [5.74, 6) is -1.11. The molecule has 0 spiro atoms. The van der Waals surface area contributed by atoms with E-state index in [0.717, 1.165) is 0 Å². The van der Waals surface area contributed by atoms with E-state index < -0.39 is 28.2 Å². The Labute approximate surface area is 274 Å². The molecule has 0 aliphatic heterocycles. The van der Waals surface area contributed by atoms with Gasteiger partial charge in [0.1, 0.15) is 22.6 Å². The van der Waals surface area contributed by atoms with Gasteiger partial charge in [0.15, 0.2) is 11.6 Å². The Balaban J connectivity index is 0.000000802. The van der Waals surface area contributed by atoms with Gasteiger partial charge < -0.3 is 17.7 Å². The number of Topliss-reactive ketones (excluding diaryl/α,β-unsaturated/α-hetero) is 4. The Bertz CT molecular complexity index is 1040. The number of carbonyl (C=O) groups excluding carboxylic acids is 4. The first kappa shape index (κ1) is 41.1. The van der Waals surface area contributed by atoms with Gasteiger partial charge in [-0.1, -0.05) is 102 Å². The first-order valence-corrected chi connectivity index (χ1v) is 18.5. The van der Waals surface area contributed by atoms with Crippen LogP contribution in [0.1, 0.15) is 62.3 Å². The quantitative estimate of drug-likeness (QED) is 0.109. The molecular weight excluding hydrogens is 764 g/mol. The maximum atomic E-state index is 12.9. The van der Waals surface area contributed by atoms with Crippen LogP contribution in [-0.2, 0) is 48.4 Å². The van der Waals surface area contributed by atoms with Crippen molar-refractivity contribution < 1.29 is 57.9 Å². The summed E-state index contributed by atoms with van der Waals surface area (Å²) in [6.07, 6.45) is 0. The van der Waals surface area contributed by atoms with E-state index in [2.05, 4.69) is 0 Å². The van der Waals surface area contributed by atoms with Crippen molar-refractivity contribution in [2.45, 2.75) is 64.7 Å². The summed E-state index contributed by atoms with van der Waals surface area (Å²) >= 11 is 0. The second-order valence-corrected chi connectivity index (χ2v) is 18.0. The smallest absolute Gasteiger partial charge is 0.397 e. The largest absolute Gasteiger partial charge is 2.00 e. The first-order chi connectivity index (χ1) is 19.9. The van der Waals surface area contributed by atoms with Gasteiger partial charge in [0, 0.05) is 51.4 Å². The molecule has 2 rings (SSSR count). The van der Waals surface area contributed by atoms with Crippen molar-refractivity contribution in [1.82, 2.24) is 0 Å². The van der Waals surface area contributed by atoms with Crippen LogP contribution in [-0.4, -0.2) is 68.7 Å². The van der Waals surface area contributed by atoms with Crippen LogP contribution in [0.15, 0.2) is 60.7 Å². The molecule has 2 aromatic carbocycles. The summed E-state index contributed by atoms with van der Waals surface area (Å²) in [6, 6.07) is 18.8. The molecule has 0 heterocycles. The first-order valence-electron chi connectivity index (χ1n) is 14.3. The summed E-state index contributed by atoms with van der Waals surface area (Å²) in [7, 11) is 0.268. The fourth-order valence-corrected chi connectivity index (χ4v) is 10.8. The van der Waals surface area contributed by atoms with E-state index in [0.29, 0.717) is 23.2 Å². The van der Waals surface area contributed by atoms with Gasteiger partial charge in [-0.3, -0.25) is 19.2 Å². The molecule has 240 valence electrons. The Hall–Kier alpha value is -1.92. The van der Waals surface area contributed by atoms with Crippen LogP contribution in [0, 0.1) is 11.8 Å². The Morgan fingerprint density at radius 2 is 0.814 bits per heavy atom. The van der Waals surface area contributed by atoms with Gasteiger partial charge in [-0.05, 0) is 12.1 Å². The minimum atomic E-state index is -2.92. The molecule has 0 saturated carbocycles. The average molecular weight is 812 g/mol. The molecule has 2 atom stereocenters. The molecule has 0 N–H and O–H groups in total. The predicted molar refractivity (Wildman–Crippen MR) is 169 cm³/mol. The SMILES string of the molecule is CC[Si](OC)(OC)C(C(=O)c1ccccc1)C(=O)C(C)C.CC[Si](OC)(OC)C(C(=O)c1ccccc1)C(=O)C(C)C.[Pt+2]. The average Bonchev–Trinajstić information content (AvgIpc) is 3.02. The Kier molecular flexibility index (Phi) is 18.6. The summed E-state index contributed by atoms with van der Waals surface area (Å²) in [6.45, 7) is 11.0. The van der Waals surface area contributed by atoms with Crippen molar-refractivity contribution in [2.75, 3.05) is 28.4 Å². The zero-order valence-corrected chi connectivity index (χ0v) is 31.4. The fourth-order valence-electron chi connectivity index (χ4n) is 4.92. The molecule has 0 radical (unpaired) electrons. The maximum absolute atomic E-state index is 12.9. The minimum Gasteiger partial charge on any atom is -0.397 e. The van der Waals surface area contributed by atoms with Crippen LogP contribution in [0.3, 0.4) is 0 Å². The molecule has 2 aromatic rings. The molecule has 8 nitrogen and oxygen atoms in total. The minimum absolute atomic E-state index is 0. The molecule has 43 heavy (non-hydrogen) atoms. The molecule has 0 amide bonds. The van der Waals surface area contributed by atoms with Gasteiger partial charge in [0.25, 0.3) is 0 Å². The van der Waals surface area contributed by atoms with Gasteiger partial charge in [-0.2, -0.15) is 0 Å². The summed E-state index contributed by atoms with van der Waals surface area (Å²) < 4.78 is 22.3. The topological polar surface area (TPSA) is 105 Å². The van der Waals surface area contributed by atoms with Crippen molar-refractivity contribution in [3.63, 3.8) is 0 Å². The molecule has 2 unspecified atom stereocenters. The van der Waals surface area contributed by atoms with E-state index in [-0.39, 0.29) is 56.0 Å². The number of hydrogen-bond acceptors (Lipinski definition) is 8. The van der Waals surface area contributed by atoms with E-state index >= 15 is 0 Å². The van der Waals surface area contributed by atoms with Gasteiger partial charge in [0.2, 0.25) is 0 Å². The van der Waals surface area contributed by atoms with E-state index in [4.69, 9.17) is 17.7 Å². The van der Waals surface area contributed by atoms with Crippen molar-refractivity contribution in [3.05, 3.63) is 71.8 Å². The zero-order chi connectivity index (χ0) is 32.1. The second-order valence-electron chi connectivity index (χ2n) is 10.6. The van der Waals surface area contributed by atoms with E-state index in [9.17, 15) is 19.2 Å². The zero-order valence-electron chi connectivity index (χ0n) is 27.1. The molecule has 0 aromatic heterocycles. The van der Waals surface area contributed by atoms with Crippen molar-refractivity contribution in [2.24, 2.45) is 11.8 Å². The van der Waals surface area contributed by atoms with Gasteiger partial charge in [-0.25, -0.2) is 0 Å². The van der Waals surface area contributed by atoms with Crippen LogP contribution in [0.2, 0.25) is 23.2 Å². The molecular formula is C32H48O8PtSi2+2. The third-order valence-electron chi connectivity index (χ3n) is 7.60. The van der Waals surface area contributed by atoms with Gasteiger partial charge in [0.05, 0.1) is 0 Å². The van der Waals surface area contributed by atoms with Gasteiger partial charge in [-0.15, -0.1) is 0 Å². The molecule has 0 aliphatic carbocycles. The molecule has 0 bridgehead atoms. The van der Waals surface area contributed by atoms with Gasteiger partial charge >= 0.3 is 38.2 Å². The molecule has 0 saturated heterocycles. The number of hydrogen-bond donors (Lipinski definition) is 0. The van der Waals surface area contributed by atoms with Crippen LogP contribution >= 0.6 is 0 Å².